The van der Waals surface area contributed by atoms with Crippen molar-refractivity contribution in [3.63, 3.8) is 0 Å². The van der Waals surface area contributed by atoms with Gasteiger partial charge in [0, 0.05) is 25.2 Å². The summed E-state index contributed by atoms with van der Waals surface area (Å²) >= 11 is 0. The Morgan fingerprint density at radius 2 is 1.95 bits per heavy atom. The number of rotatable bonds is 6. The number of hydrogen-bond donors (Lipinski definition) is 1. The second-order valence-corrected chi connectivity index (χ2v) is 6.86. The minimum atomic E-state index is 0.278. The number of likely N-dealkylation sites (tertiary alicyclic amines) is 1. The van der Waals surface area contributed by atoms with Crippen LogP contribution in [0.15, 0.2) is 0 Å². The molecule has 2 fully saturated rings. The molecule has 2 aliphatic rings. The fraction of sp³-hybridized carbons (Fsp3) is 1.00. The van der Waals surface area contributed by atoms with Gasteiger partial charge in [0.05, 0.1) is 6.10 Å². The highest BCUT2D eigenvalue weighted by atomic mass is 16.5. The molecule has 1 atom stereocenters. The molecule has 2 rings (SSSR count). The van der Waals surface area contributed by atoms with Gasteiger partial charge < -0.3 is 10.5 Å². The molecule has 0 radical (unpaired) electrons. The first kappa shape index (κ1) is 16.3. The molecule has 20 heavy (non-hydrogen) atoms. The first-order valence-corrected chi connectivity index (χ1v) is 8.80. The molecular weight excluding hydrogens is 248 g/mol. The van der Waals surface area contributed by atoms with Crippen molar-refractivity contribution in [1.29, 1.82) is 0 Å². The molecule has 0 aromatic heterocycles. The molecular formula is C17H34N2O. The third-order valence-corrected chi connectivity index (χ3v) is 5.60. The van der Waals surface area contributed by atoms with E-state index in [1.807, 2.05) is 0 Å². The first-order chi connectivity index (χ1) is 9.74. The minimum absolute atomic E-state index is 0.278. The highest BCUT2D eigenvalue weighted by Gasteiger charge is 2.40. The fourth-order valence-electron chi connectivity index (χ4n) is 4.06. The van der Waals surface area contributed by atoms with Crippen molar-refractivity contribution in [2.24, 2.45) is 11.7 Å². The standard InChI is InChI=1S/C17H34N2O/c1-3-12-20-16-6-5-11-19(13-16)17(14-18)9-7-15(4-2)8-10-17/h15-16H,3-14,18H2,1-2H3. The number of nitrogens with two attached hydrogens (primary N) is 1. The van der Waals surface area contributed by atoms with E-state index >= 15 is 0 Å². The molecule has 1 saturated carbocycles. The summed E-state index contributed by atoms with van der Waals surface area (Å²) in [5.74, 6) is 0.937. The van der Waals surface area contributed by atoms with Gasteiger partial charge in [-0.25, -0.2) is 0 Å². The van der Waals surface area contributed by atoms with E-state index in [0.29, 0.717) is 6.10 Å². The van der Waals surface area contributed by atoms with Crippen LogP contribution in [-0.4, -0.2) is 42.8 Å². The van der Waals surface area contributed by atoms with E-state index in [4.69, 9.17) is 10.5 Å². The molecule has 0 aromatic rings. The van der Waals surface area contributed by atoms with Gasteiger partial charge in [-0.05, 0) is 57.4 Å². The largest absolute Gasteiger partial charge is 0.377 e. The van der Waals surface area contributed by atoms with Crippen LogP contribution in [0.4, 0.5) is 0 Å². The van der Waals surface area contributed by atoms with Crippen LogP contribution in [0.25, 0.3) is 0 Å². The highest BCUT2D eigenvalue weighted by molar-refractivity contribution is 4.97. The normalized spacial score (nSPS) is 36.1. The van der Waals surface area contributed by atoms with E-state index in [0.717, 1.165) is 32.0 Å². The van der Waals surface area contributed by atoms with Crippen molar-refractivity contribution >= 4 is 0 Å². The Morgan fingerprint density at radius 1 is 1.20 bits per heavy atom. The molecule has 1 unspecified atom stereocenters. The van der Waals surface area contributed by atoms with Crippen LogP contribution in [0.2, 0.25) is 0 Å². The maximum atomic E-state index is 6.22. The fourth-order valence-corrected chi connectivity index (χ4v) is 4.06. The topological polar surface area (TPSA) is 38.5 Å². The minimum Gasteiger partial charge on any atom is -0.377 e. The van der Waals surface area contributed by atoms with E-state index in [2.05, 4.69) is 18.7 Å². The van der Waals surface area contributed by atoms with Gasteiger partial charge >= 0.3 is 0 Å². The Labute approximate surface area is 125 Å². The maximum absolute atomic E-state index is 6.22. The zero-order valence-corrected chi connectivity index (χ0v) is 13.6. The Hall–Kier alpha value is -0.120. The highest BCUT2D eigenvalue weighted by Crippen LogP contribution is 2.38. The molecule has 0 spiro atoms. The van der Waals surface area contributed by atoms with Crippen molar-refractivity contribution in [2.45, 2.75) is 76.9 Å². The second-order valence-electron chi connectivity index (χ2n) is 6.86. The quantitative estimate of drug-likeness (QED) is 0.813. The Bertz CT molecular complexity index is 274. The van der Waals surface area contributed by atoms with Gasteiger partial charge in [-0.3, -0.25) is 4.90 Å². The predicted octanol–water partition coefficient (Wildman–Crippen LogP) is 3.18. The van der Waals surface area contributed by atoms with Crippen molar-refractivity contribution in [1.82, 2.24) is 4.90 Å². The monoisotopic (exact) mass is 282 g/mol. The zero-order valence-electron chi connectivity index (χ0n) is 13.6. The van der Waals surface area contributed by atoms with Gasteiger partial charge in [-0.2, -0.15) is 0 Å². The lowest BCUT2D eigenvalue weighted by Crippen LogP contribution is -2.59. The summed E-state index contributed by atoms with van der Waals surface area (Å²) in [4.78, 5) is 2.68. The summed E-state index contributed by atoms with van der Waals surface area (Å²) in [7, 11) is 0. The molecule has 3 heteroatoms. The van der Waals surface area contributed by atoms with E-state index in [1.54, 1.807) is 0 Å². The maximum Gasteiger partial charge on any atom is 0.0702 e. The van der Waals surface area contributed by atoms with Crippen LogP contribution < -0.4 is 5.73 Å². The molecule has 0 bridgehead atoms. The van der Waals surface area contributed by atoms with E-state index in [-0.39, 0.29) is 5.54 Å². The zero-order chi connectivity index (χ0) is 14.4. The Kier molecular flexibility index (Phi) is 6.31. The van der Waals surface area contributed by atoms with Gasteiger partial charge in [0.1, 0.15) is 0 Å². The van der Waals surface area contributed by atoms with E-state index in [1.165, 1.54) is 51.5 Å². The third kappa shape index (κ3) is 3.75. The van der Waals surface area contributed by atoms with Gasteiger partial charge in [-0.15, -0.1) is 0 Å². The van der Waals surface area contributed by atoms with Crippen molar-refractivity contribution in [3.8, 4) is 0 Å². The Balaban J connectivity index is 1.93. The molecule has 3 nitrogen and oxygen atoms in total. The summed E-state index contributed by atoms with van der Waals surface area (Å²) in [6, 6.07) is 0. The Morgan fingerprint density at radius 3 is 2.55 bits per heavy atom. The van der Waals surface area contributed by atoms with Crippen LogP contribution in [0, 0.1) is 5.92 Å². The van der Waals surface area contributed by atoms with Crippen molar-refractivity contribution in [2.75, 3.05) is 26.2 Å². The molecule has 0 amide bonds. The summed E-state index contributed by atoms with van der Waals surface area (Å²) < 4.78 is 6.00. The average Bonchev–Trinajstić information content (AvgIpc) is 2.53. The van der Waals surface area contributed by atoms with Crippen LogP contribution >= 0.6 is 0 Å². The van der Waals surface area contributed by atoms with Crippen LogP contribution in [0.3, 0.4) is 0 Å². The number of piperidine rings is 1. The van der Waals surface area contributed by atoms with Crippen LogP contribution in [0.5, 0.6) is 0 Å². The van der Waals surface area contributed by atoms with Gasteiger partial charge in [0.2, 0.25) is 0 Å². The third-order valence-electron chi connectivity index (χ3n) is 5.60. The smallest absolute Gasteiger partial charge is 0.0702 e. The number of nitrogens with zero attached hydrogens (tertiary/aromatic N) is 1. The predicted molar refractivity (Wildman–Crippen MR) is 84.9 cm³/mol. The van der Waals surface area contributed by atoms with E-state index < -0.39 is 0 Å². The summed E-state index contributed by atoms with van der Waals surface area (Å²) in [5, 5.41) is 0. The molecule has 1 heterocycles. The summed E-state index contributed by atoms with van der Waals surface area (Å²) in [5.41, 5.74) is 6.50. The van der Waals surface area contributed by atoms with Gasteiger partial charge in [0.25, 0.3) is 0 Å². The number of hydrogen-bond acceptors (Lipinski definition) is 3. The van der Waals surface area contributed by atoms with Crippen LogP contribution in [-0.2, 0) is 4.74 Å². The van der Waals surface area contributed by atoms with Crippen LogP contribution in [0.1, 0.15) is 65.2 Å². The lowest BCUT2D eigenvalue weighted by atomic mass is 9.74. The molecule has 2 N–H and O–H groups in total. The SMILES string of the molecule is CCCOC1CCCN(C2(CN)CCC(CC)CC2)C1. The summed E-state index contributed by atoms with van der Waals surface area (Å²) in [6.45, 7) is 8.58. The second kappa shape index (κ2) is 7.77. The lowest BCUT2D eigenvalue weighted by Gasteiger charge is -2.50. The van der Waals surface area contributed by atoms with Crippen molar-refractivity contribution in [3.05, 3.63) is 0 Å². The van der Waals surface area contributed by atoms with E-state index in [9.17, 15) is 0 Å². The number of ether oxygens (including phenoxy) is 1. The van der Waals surface area contributed by atoms with Gasteiger partial charge in [0.15, 0.2) is 0 Å². The van der Waals surface area contributed by atoms with Gasteiger partial charge in [-0.1, -0.05) is 20.3 Å². The molecule has 1 aliphatic carbocycles. The average molecular weight is 282 g/mol. The summed E-state index contributed by atoms with van der Waals surface area (Å²) in [6.07, 6.45) is 10.7. The molecule has 1 aliphatic heterocycles. The van der Waals surface area contributed by atoms with Crippen molar-refractivity contribution < 1.29 is 4.74 Å². The lowest BCUT2D eigenvalue weighted by molar-refractivity contribution is -0.0504. The molecule has 1 saturated heterocycles. The molecule has 118 valence electrons. The molecule has 0 aromatic carbocycles. The first-order valence-electron chi connectivity index (χ1n) is 8.80.